The lowest BCUT2D eigenvalue weighted by Gasteiger charge is -2.25. The van der Waals surface area contributed by atoms with Gasteiger partial charge in [-0.25, -0.2) is 4.98 Å². The number of hydrogen-bond donors (Lipinski definition) is 1. The molecule has 0 aliphatic carbocycles. The van der Waals surface area contributed by atoms with Crippen molar-refractivity contribution in [1.29, 1.82) is 0 Å². The molecule has 1 atom stereocenters. The van der Waals surface area contributed by atoms with E-state index in [0.717, 1.165) is 12.1 Å². The minimum absolute atomic E-state index is 0.395. The van der Waals surface area contributed by atoms with Crippen LogP contribution in [0, 0.1) is 0 Å². The summed E-state index contributed by atoms with van der Waals surface area (Å²) in [5.74, 6) is 1.39. The highest BCUT2D eigenvalue weighted by Gasteiger charge is 2.39. The average Bonchev–Trinajstić information content (AvgIpc) is 2.98. The molecule has 23 heavy (non-hydrogen) atoms. The minimum atomic E-state index is -1.03. The molecule has 0 bridgehead atoms. The number of aldehydes is 1. The van der Waals surface area contributed by atoms with Gasteiger partial charge in [-0.2, -0.15) is 0 Å². The number of nitrogens with zero attached hydrogens (tertiary/aromatic N) is 2. The number of rotatable bonds is 4. The van der Waals surface area contributed by atoms with E-state index in [-0.39, 0.29) is 0 Å². The van der Waals surface area contributed by atoms with Gasteiger partial charge in [0.1, 0.15) is 17.2 Å². The fourth-order valence-electron chi connectivity index (χ4n) is 2.86. The van der Waals surface area contributed by atoms with Gasteiger partial charge in [0.25, 0.3) is 0 Å². The van der Waals surface area contributed by atoms with E-state index >= 15 is 0 Å². The van der Waals surface area contributed by atoms with E-state index in [4.69, 9.17) is 16.3 Å². The number of methoxy groups -OCH3 is 1. The summed E-state index contributed by atoms with van der Waals surface area (Å²) in [6.45, 7) is 1.05. The van der Waals surface area contributed by atoms with Gasteiger partial charge in [-0.1, -0.05) is 17.7 Å². The number of carbonyl (C=O) groups excluding carboxylic acids is 1. The molecule has 1 aromatic heterocycles. The Morgan fingerprint density at radius 2 is 2.22 bits per heavy atom. The van der Waals surface area contributed by atoms with Crippen molar-refractivity contribution >= 4 is 23.7 Å². The highest BCUT2D eigenvalue weighted by Crippen LogP contribution is 2.38. The summed E-state index contributed by atoms with van der Waals surface area (Å²) >= 11 is 6.30. The maximum atomic E-state index is 11.0. The first-order chi connectivity index (χ1) is 11.1. The third-order valence-corrected chi connectivity index (χ3v) is 4.47. The molecule has 2 aromatic rings. The van der Waals surface area contributed by atoms with Crippen molar-refractivity contribution in [3.63, 3.8) is 0 Å². The van der Waals surface area contributed by atoms with Gasteiger partial charge in [-0.15, -0.1) is 0 Å². The van der Waals surface area contributed by atoms with E-state index in [2.05, 4.69) is 4.98 Å². The van der Waals surface area contributed by atoms with Crippen LogP contribution in [0.3, 0.4) is 0 Å². The predicted octanol–water partition coefficient (Wildman–Crippen LogP) is 2.65. The predicted molar refractivity (Wildman–Crippen MR) is 88.4 cm³/mol. The van der Waals surface area contributed by atoms with Crippen molar-refractivity contribution < 1.29 is 14.6 Å². The maximum Gasteiger partial charge on any atom is 0.151 e. The number of pyridine rings is 1. The van der Waals surface area contributed by atoms with Crippen LogP contribution in [0.1, 0.15) is 22.3 Å². The van der Waals surface area contributed by atoms with Crippen molar-refractivity contribution in [3.05, 3.63) is 52.7 Å². The second-order valence-electron chi connectivity index (χ2n) is 5.62. The van der Waals surface area contributed by atoms with Crippen LogP contribution in [0.15, 0.2) is 36.5 Å². The third kappa shape index (κ3) is 3.02. The van der Waals surface area contributed by atoms with Crippen LogP contribution in [0.2, 0.25) is 5.02 Å². The van der Waals surface area contributed by atoms with Gasteiger partial charge >= 0.3 is 0 Å². The van der Waals surface area contributed by atoms with Gasteiger partial charge in [0.05, 0.1) is 18.7 Å². The number of carbonyl (C=O) groups is 1. The molecule has 1 aromatic carbocycles. The Bertz CT molecular complexity index is 720. The molecule has 0 saturated carbocycles. The molecule has 0 radical (unpaired) electrons. The number of ether oxygens (including phenoxy) is 1. The van der Waals surface area contributed by atoms with Crippen molar-refractivity contribution in [2.24, 2.45) is 0 Å². The van der Waals surface area contributed by atoms with E-state index in [9.17, 15) is 9.90 Å². The molecule has 0 amide bonds. The second kappa shape index (κ2) is 6.18. The lowest BCUT2D eigenvalue weighted by atomic mass is 9.93. The number of anilines is 1. The molecule has 2 heterocycles. The molecule has 0 spiro atoms. The third-order valence-electron chi connectivity index (χ3n) is 4.16. The smallest absolute Gasteiger partial charge is 0.151 e. The van der Waals surface area contributed by atoms with Crippen LogP contribution in [0.25, 0.3) is 0 Å². The molecular weight excluding hydrogens is 316 g/mol. The molecule has 120 valence electrons. The van der Waals surface area contributed by atoms with E-state index in [1.165, 1.54) is 6.20 Å². The van der Waals surface area contributed by atoms with Gasteiger partial charge in [-0.3, -0.25) is 4.79 Å². The van der Waals surface area contributed by atoms with Crippen LogP contribution in [0.4, 0.5) is 5.82 Å². The van der Waals surface area contributed by atoms with Gasteiger partial charge in [0, 0.05) is 23.9 Å². The van der Waals surface area contributed by atoms with Crippen molar-refractivity contribution in [1.82, 2.24) is 4.98 Å². The SMILES string of the molecule is COc1ccc(C2(O)CCN(c3ccc(C=O)cn3)C2)c(Cl)c1. The normalized spacial score (nSPS) is 20.6. The van der Waals surface area contributed by atoms with E-state index in [1.807, 2.05) is 4.90 Å². The van der Waals surface area contributed by atoms with Crippen LogP contribution < -0.4 is 9.64 Å². The van der Waals surface area contributed by atoms with Crippen LogP contribution in [0.5, 0.6) is 5.75 Å². The summed E-state index contributed by atoms with van der Waals surface area (Å²) in [5.41, 5.74) is 0.183. The summed E-state index contributed by atoms with van der Waals surface area (Å²) in [7, 11) is 1.58. The number of benzene rings is 1. The Labute approximate surface area is 139 Å². The molecule has 1 unspecified atom stereocenters. The Morgan fingerprint density at radius 3 is 2.83 bits per heavy atom. The molecule has 1 N–H and O–H groups in total. The number of aromatic nitrogens is 1. The van der Waals surface area contributed by atoms with E-state index < -0.39 is 5.60 Å². The fraction of sp³-hybridized carbons (Fsp3) is 0.294. The number of halogens is 1. The standard InChI is InChI=1S/C17H17ClN2O3/c1-23-13-3-4-14(15(18)8-13)17(22)6-7-20(11-17)16-5-2-12(10-21)9-19-16/h2-5,8-10,22H,6-7,11H2,1H3. The van der Waals surface area contributed by atoms with Gasteiger partial charge < -0.3 is 14.7 Å². The molecule has 6 heteroatoms. The quantitative estimate of drug-likeness (QED) is 0.872. The topological polar surface area (TPSA) is 62.7 Å². The molecule has 5 nitrogen and oxygen atoms in total. The molecule has 1 fully saturated rings. The highest BCUT2D eigenvalue weighted by atomic mass is 35.5. The van der Waals surface area contributed by atoms with Gasteiger partial charge in [-0.05, 0) is 30.7 Å². The van der Waals surface area contributed by atoms with Gasteiger partial charge in [0.2, 0.25) is 0 Å². The monoisotopic (exact) mass is 332 g/mol. The Balaban J connectivity index is 1.83. The molecule has 3 rings (SSSR count). The van der Waals surface area contributed by atoms with E-state index in [1.54, 1.807) is 37.4 Å². The molecule has 1 aliphatic heterocycles. The van der Waals surface area contributed by atoms with Crippen LogP contribution >= 0.6 is 11.6 Å². The summed E-state index contributed by atoms with van der Waals surface area (Å²) in [5, 5.41) is 11.5. The average molecular weight is 333 g/mol. The number of hydrogen-bond acceptors (Lipinski definition) is 5. The highest BCUT2D eigenvalue weighted by molar-refractivity contribution is 6.31. The number of aliphatic hydroxyl groups is 1. The zero-order valence-electron chi connectivity index (χ0n) is 12.7. The Kier molecular flexibility index (Phi) is 4.24. The Morgan fingerprint density at radius 1 is 1.39 bits per heavy atom. The van der Waals surface area contributed by atoms with Crippen molar-refractivity contribution in [2.75, 3.05) is 25.1 Å². The van der Waals surface area contributed by atoms with E-state index in [0.29, 0.717) is 41.4 Å². The largest absolute Gasteiger partial charge is 0.497 e. The zero-order valence-corrected chi connectivity index (χ0v) is 13.5. The van der Waals surface area contributed by atoms with Crippen LogP contribution in [-0.4, -0.2) is 36.6 Å². The molecule has 1 saturated heterocycles. The lowest BCUT2D eigenvalue weighted by molar-refractivity contribution is 0.0607. The molecule has 1 aliphatic rings. The summed E-state index contributed by atoms with van der Waals surface area (Å²) in [6.07, 6.45) is 2.84. The van der Waals surface area contributed by atoms with Gasteiger partial charge in [0.15, 0.2) is 6.29 Å². The first kappa shape index (κ1) is 15.8. The summed E-state index contributed by atoms with van der Waals surface area (Å²) in [4.78, 5) is 17.0. The number of β-amino-alcohol motifs (C(OH)–C–C–N with tert-alkyl or cyclic N) is 1. The summed E-state index contributed by atoms with van der Waals surface area (Å²) < 4.78 is 5.14. The lowest BCUT2D eigenvalue weighted by Crippen LogP contribution is -2.31. The van der Waals surface area contributed by atoms with Crippen molar-refractivity contribution in [3.8, 4) is 5.75 Å². The molecular formula is C17H17ClN2O3. The van der Waals surface area contributed by atoms with Crippen molar-refractivity contribution in [2.45, 2.75) is 12.0 Å². The minimum Gasteiger partial charge on any atom is -0.497 e. The zero-order chi connectivity index (χ0) is 16.4. The first-order valence-corrected chi connectivity index (χ1v) is 7.66. The summed E-state index contributed by atoms with van der Waals surface area (Å²) in [6, 6.07) is 8.79. The van der Waals surface area contributed by atoms with Crippen LogP contribution in [-0.2, 0) is 5.60 Å². The first-order valence-electron chi connectivity index (χ1n) is 7.28. The second-order valence-corrected chi connectivity index (χ2v) is 6.02. The fourth-order valence-corrected chi connectivity index (χ4v) is 3.21. The Hall–Kier alpha value is -2.11. The maximum absolute atomic E-state index is 11.0.